The van der Waals surface area contributed by atoms with Gasteiger partial charge in [-0.1, -0.05) is 30.3 Å². The Morgan fingerprint density at radius 3 is 0.842 bits per heavy atom. The van der Waals surface area contributed by atoms with Gasteiger partial charge in [0.05, 0.1) is 117 Å². The van der Waals surface area contributed by atoms with Crippen LogP contribution in [0.25, 0.3) is 0 Å². The molecule has 7 rings (SSSR count). The summed E-state index contributed by atoms with van der Waals surface area (Å²) in [6, 6.07) is -18.8. The maximum Gasteiger partial charge on any atom is 0.326 e. The molecule has 0 aliphatic carbocycles. The highest BCUT2D eigenvalue weighted by atomic mass is 32.1. The zero-order chi connectivity index (χ0) is 107. The van der Waals surface area contributed by atoms with Crippen molar-refractivity contribution in [2.75, 3.05) is 37.7 Å². The van der Waals surface area contributed by atoms with Gasteiger partial charge in [0.15, 0.2) is 11.9 Å². The molecule has 788 valence electrons. The Kier molecular flexibility index (Phi) is 46.9. The van der Waals surface area contributed by atoms with E-state index >= 15 is 0 Å². The van der Waals surface area contributed by atoms with Crippen molar-refractivity contribution in [2.24, 2.45) is 17.2 Å². The van der Waals surface area contributed by atoms with E-state index in [4.69, 9.17) is 28.0 Å². The van der Waals surface area contributed by atoms with Gasteiger partial charge in [-0.2, -0.15) is 25.3 Å². The summed E-state index contributed by atoms with van der Waals surface area (Å²) in [7, 11) is 0. The van der Waals surface area contributed by atoms with E-state index in [-0.39, 0.29) is 104 Å². The molecular weight excluding hydrogens is 1970 g/mol. The van der Waals surface area contributed by atoms with Gasteiger partial charge < -0.3 is 168 Å². The molecule has 63 heteroatoms. The van der Waals surface area contributed by atoms with Gasteiger partial charge >= 0.3 is 29.8 Å². The van der Waals surface area contributed by atoms with Crippen LogP contribution in [0.2, 0.25) is 0 Å². The zero-order valence-corrected chi connectivity index (χ0v) is 79.2. The molecule has 0 spiro atoms. The summed E-state index contributed by atoms with van der Waals surface area (Å²) in [5, 5.41) is 107. The fraction of sp³-hybridized carbons (Fsp3) is 0.434. The van der Waals surface area contributed by atoms with Crippen LogP contribution in [0.4, 0.5) is 0 Å². The third kappa shape index (κ3) is 41.0. The molecule has 0 saturated heterocycles. The first-order valence-corrected chi connectivity index (χ1v) is 45.7. The number of carboxylic acids is 5. The van der Waals surface area contributed by atoms with E-state index in [1.807, 2.05) is 5.32 Å². The predicted molar refractivity (Wildman–Crippen MR) is 508 cm³/mol. The average molecular weight is 2080 g/mol. The molecule has 6 aromatic heterocycles. The molecule has 16 amide bonds. The van der Waals surface area contributed by atoms with Crippen LogP contribution < -0.4 is 113 Å². The number of carbonyl (C=O) groups excluding carboxylic acids is 16. The first-order chi connectivity index (χ1) is 69.5. The highest BCUT2D eigenvalue weighted by molar-refractivity contribution is 7.80. The summed E-state index contributed by atoms with van der Waals surface area (Å²) < 4.78 is 0. The molecule has 146 heavy (non-hydrogen) atoms. The number of nitrogens with two attached hydrogens (primary N) is 3. The Morgan fingerprint density at radius 1 is 0.295 bits per heavy atom. The van der Waals surface area contributed by atoms with E-state index in [2.05, 4.69) is 175 Å². The van der Waals surface area contributed by atoms with Crippen molar-refractivity contribution in [3.63, 3.8) is 0 Å². The maximum absolute atomic E-state index is 15.0. The number of hydrogen-bond acceptors (Lipinski definition) is 32. The van der Waals surface area contributed by atoms with Gasteiger partial charge in [-0.3, -0.25) is 107 Å². The van der Waals surface area contributed by atoms with Crippen molar-refractivity contribution in [2.45, 2.75) is 187 Å². The standard InChI is InChI=1S/C83H113N35O26S2/c84-46(31-145)67(129)108-56(20-64(123)124)78(140)116-57(21-65(125)126)77(139)107-48(9-5-11-96-83(87)88)69(131)118-60(32-146)80(142)109-49(12-39-6-2-1-3-7-39)70(132)106-47(8-4-10-95-82(85)86)68(130)98-29-61(119)97-30-62(120)105-55(19-63(121)122)76(138)115-58(22-66(127)128)79(141)114-53(16-43-26-92-36-102-43)74(136)112-51(14-41-24-90-34-100-41)72(134)110-50(13-40-23-89-33-99-40)71(133)111-52(15-42-25-91-35-101-42)73(135)113-54(17-44-27-93-37-103-44)75(137)117-59(81(143)144)18-45-28-94-38-104-45/h1-3,6-7,23-28,33-38,46-60,145-146H,4-5,8-22,29-32,84H2,(H,89,99)(H,90,100)(H,91,101)(H,92,102)(H,93,103)(H,94,104)(H,97,119)(H,98,130)(H,105,120)(H,106,132)(H,107,139)(H,108,129)(H,109,142)(H,110,134)(H,111,133)(H,112,136)(H,113,135)(H,114,141)(H,115,138)(H,116,140)(H,117,137)(H,118,131)(H,121,122)(H,123,124)(H,125,126)(H,127,128)(H,143,144)(H4,85,86,95)(H4,87,88,96)/t46-,47-,48-,49-,50-,51-,52-,53-,54-,55-,56-,57-,58-,59-,60-/m0/s1. The van der Waals surface area contributed by atoms with E-state index in [1.54, 1.807) is 30.3 Å². The van der Waals surface area contributed by atoms with Crippen LogP contribution in [0.1, 0.15) is 91.1 Å². The van der Waals surface area contributed by atoms with E-state index < -0.39 is 291 Å². The third-order valence-electron chi connectivity index (χ3n) is 21.0. The molecule has 0 radical (unpaired) electrons. The Labute approximate surface area is 837 Å². The topological polar surface area (TPSA) is 974 Å². The lowest BCUT2D eigenvalue weighted by Gasteiger charge is -2.27. The molecule has 0 aliphatic rings. The number of thiol groups is 2. The van der Waals surface area contributed by atoms with Crippen molar-refractivity contribution >= 4 is 162 Å². The van der Waals surface area contributed by atoms with Crippen LogP contribution >= 0.6 is 25.3 Å². The first kappa shape index (κ1) is 116. The molecule has 7 aromatic rings. The molecule has 1 aromatic carbocycles. The smallest absolute Gasteiger partial charge is 0.326 e. The third-order valence-corrected chi connectivity index (χ3v) is 21.8. The number of imidazole rings is 6. The summed E-state index contributed by atoms with van der Waals surface area (Å²) in [5.74, 6) is -29.2. The lowest BCUT2D eigenvalue weighted by molar-refractivity contribution is -0.143. The van der Waals surface area contributed by atoms with Crippen LogP contribution in [0.5, 0.6) is 0 Å². The van der Waals surface area contributed by atoms with Crippen molar-refractivity contribution in [1.82, 2.24) is 156 Å². The SMILES string of the molecule is N=C(N)NCCC[C@H](NC(=O)[C@H](Cc1ccccc1)NC(=O)[C@H](CS)NC(=O)[C@H](CCCNC(=N)N)NC(=O)[C@H](CC(=O)O)NC(=O)[C@H](CC(=O)O)NC(=O)[C@@H](N)CS)C(=O)NCC(=O)NCC(=O)N[C@@H](CC(=O)O)C(=O)N[C@@H](CC(=O)O)C(=O)N[C@@H](Cc1c[nH]cn1)C(=O)N[C@@H](Cc1c[nH]cn1)C(=O)N[C@@H](Cc1c[nH]cn1)C(=O)N[C@@H](Cc1c[nH]cn1)C(=O)N[C@@H](Cc1c[nH]cn1)C(=O)N[C@@H](Cc1c[nH]cn1)C(=O)O. The highest BCUT2D eigenvalue weighted by Crippen LogP contribution is 2.15. The summed E-state index contributed by atoms with van der Waals surface area (Å²) in [6.07, 6.45) is 7.24. The number of H-pyrrole nitrogens is 6. The number of benzene rings is 1. The van der Waals surface area contributed by atoms with Gasteiger partial charge in [-0.15, -0.1) is 0 Å². The number of hydrogen-bond donors (Lipinski definition) is 36. The summed E-state index contributed by atoms with van der Waals surface area (Å²) in [6.45, 7) is -2.29. The van der Waals surface area contributed by atoms with Crippen molar-refractivity contribution in [3.8, 4) is 0 Å². The molecule has 0 unspecified atom stereocenters. The van der Waals surface area contributed by atoms with Gasteiger partial charge in [-0.05, 0) is 31.2 Å². The van der Waals surface area contributed by atoms with Crippen LogP contribution in [-0.2, 0) is 146 Å². The van der Waals surface area contributed by atoms with E-state index in [0.29, 0.717) is 5.56 Å². The van der Waals surface area contributed by atoms with Gasteiger partial charge in [0.2, 0.25) is 94.5 Å². The van der Waals surface area contributed by atoms with Gasteiger partial charge in [0.25, 0.3) is 0 Å². The van der Waals surface area contributed by atoms with Crippen LogP contribution in [0, 0.1) is 10.8 Å². The lowest BCUT2D eigenvalue weighted by Crippen LogP contribution is -2.61. The van der Waals surface area contributed by atoms with Crippen LogP contribution in [0.15, 0.2) is 105 Å². The second-order valence-electron chi connectivity index (χ2n) is 32.4. The Morgan fingerprint density at radius 2 is 0.548 bits per heavy atom. The number of aromatic amines is 6. The van der Waals surface area contributed by atoms with E-state index in [0.717, 1.165) is 0 Å². The largest absolute Gasteiger partial charge is 0.481 e. The first-order valence-electron chi connectivity index (χ1n) is 44.5. The molecule has 61 nitrogen and oxygen atoms in total. The number of nitrogens with zero attached hydrogens (tertiary/aromatic N) is 6. The minimum atomic E-state index is -2.25. The number of carbonyl (C=O) groups is 21. The quantitative estimate of drug-likeness (QED) is 0.00728. The maximum atomic E-state index is 15.0. The van der Waals surface area contributed by atoms with Crippen molar-refractivity contribution < 1.29 is 126 Å². The van der Waals surface area contributed by atoms with Gasteiger partial charge in [-0.25, -0.2) is 34.7 Å². The number of carboxylic acid groups (broad SMARTS) is 5. The van der Waals surface area contributed by atoms with Gasteiger partial charge in [0.1, 0.15) is 84.6 Å². The second-order valence-corrected chi connectivity index (χ2v) is 33.1. The number of aliphatic carboxylic acids is 5. The molecule has 6 heterocycles. The fourth-order valence-corrected chi connectivity index (χ4v) is 14.1. The molecular formula is C83H113N35O26S2. The van der Waals surface area contributed by atoms with E-state index in [9.17, 15) is 126 Å². The van der Waals surface area contributed by atoms with Gasteiger partial charge in [0, 0.05) is 107 Å². The Bertz CT molecular complexity index is 5610. The molecule has 15 atom stereocenters. The molecule has 0 aliphatic heterocycles. The lowest BCUT2D eigenvalue weighted by atomic mass is 10.0. The Balaban J connectivity index is 1.03. The zero-order valence-electron chi connectivity index (χ0n) is 77.4. The minimum absolute atomic E-state index is 0.0459. The Hall–Kier alpha value is -17.4. The predicted octanol–water partition coefficient (Wildman–Crippen LogP) is -12.3. The molecule has 37 N–H and O–H groups in total. The van der Waals surface area contributed by atoms with E-state index in [1.165, 1.54) is 75.1 Å². The normalized spacial score (nSPS) is 14.0. The monoisotopic (exact) mass is 2080 g/mol. The summed E-state index contributed by atoms with van der Waals surface area (Å²) >= 11 is 8.14. The summed E-state index contributed by atoms with van der Waals surface area (Å²) in [5.41, 5.74) is 18.0. The average Bonchev–Trinajstić information content (AvgIpc) is 1.43. The van der Waals surface area contributed by atoms with Crippen LogP contribution in [-0.4, -0.2) is 350 Å². The highest BCUT2D eigenvalue weighted by Gasteiger charge is 2.41. The number of amides is 16. The molecule has 0 saturated carbocycles. The fourth-order valence-electron chi connectivity index (χ4n) is 13.7. The summed E-state index contributed by atoms with van der Waals surface area (Å²) in [4.78, 5) is 329. The van der Waals surface area contributed by atoms with Crippen molar-refractivity contribution in [1.29, 1.82) is 10.8 Å². The number of aromatic nitrogens is 12. The number of nitrogens with one attached hydrogen (secondary N) is 26. The minimum Gasteiger partial charge on any atom is -0.481 e. The second kappa shape index (κ2) is 59.3. The number of guanidine groups is 2. The van der Waals surface area contributed by atoms with Crippen molar-refractivity contribution in [3.05, 3.63) is 145 Å². The van der Waals surface area contributed by atoms with Crippen LogP contribution in [0.3, 0.4) is 0 Å². The molecule has 0 bridgehead atoms. The molecule has 0 fully saturated rings. The number of rotatable bonds is 65.